The van der Waals surface area contributed by atoms with E-state index in [1.165, 1.54) is 11.3 Å². The lowest BCUT2D eigenvalue weighted by Gasteiger charge is -2.13. The molecular weight excluding hydrogens is 186 g/mol. The highest BCUT2D eigenvalue weighted by atomic mass is 16.5. The van der Waals surface area contributed by atoms with Crippen molar-refractivity contribution in [1.29, 1.82) is 0 Å². The third-order valence-corrected chi connectivity index (χ3v) is 2.15. The number of hydrogen-bond donors (Lipinski definition) is 1. The zero-order valence-corrected chi connectivity index (χ0v) is 10.7. The van der Waals surface area contributed by atoms with Gasteiger partial charge in [0.2, 0.25) is 0 Å². The summed E-state index contributed by atoms with van der Waals surface area (Å²) in [5.74, 6) is 1.43. The zero-order chi connectivity index (χ0) is 11.8. The van der Waals surface area contributed by atoms with Gasteiger partial charge in [-0.2, -0.15) is 0 Å². The second-order valence-electron chi connectivity index (χ2n) is 3.36. The van der Waals surface area contributed by atoms with E-state index in [0.717, 1.165) is 5.75 Å². The van der Waals surface area contributed by atoms with Crippen LogP contribution in [-0.4, -0.2) is 14.2 Å². The molecule has 0 saturated carbocycles. The Hall–Kier alpha value is -1.18. The molecule has 0 aliphatic rings. The van der Waals surface area contributed by atoms with Gasteiger partial charge in [-0.15, -0.1) is 0 Å². The summed E-state index contributed by atoms with van der Waals surface area (Å²) in [5.41, 5.74) is 2.47. The molecule has 0 unspecified atom stereocenters. The average molecular weight is 209 g/mol. The largest absolute Gasteiger partial charge is 0.497 e. The van der Waals surface area contributed by atoms with Crippen LogP contribution in [0.2, 0.25) is 0 Å². The van der Waals surface area contributed by atoms with Crippen molar-refractivity contribution < 1.29 is 4.74 Å². The normalized spacial score (nSPS) is 9.27. The molecule has 0 radical (unpaired) electrons. The third kappa shape index (κ3) is 3.82. The van der Waals surface area contributed by atoms with Crippen LogP contribution >= 0.6 is 0 Å². The predicted molar refractivity (Wildman–Crippen MR) is 68.0 cm³/mol. The van der Waals surface area contributed by atoms with Gasteiger partial charge in [0.1, 0.15) is 5.75 Å². The lowest BCUT2D eigenvalue weighted by molar-refractivity contribution is 0.414. The Morgan fingerprint density at radius 3 is 2.20 bits per heavy atom. The van der Waals surface area contributed by atoms with Gasteiger partial charge in [0, 0.05) is 12.7 Å². The predicted octanol–water partition coefficient (Wildman–Crippen LogP) is 3.89. The Bertz CT molecular complexity index is 282. The molecule has 1 N–H and O–H groups in total. The van der Waals surface area contributed by atoms with Crippen LogP contribution in [0.1, 0.15) is 39.2 Å². The Morgan fingerprint density at radius 1 is 1.20 bits per heavy atom. The molecule has 15 heavy (non-hydrogen) atoms. The number of hydrogen-bond acceptors (Lipinski definition) is 2. The molecule has 1 aromatic rings. The van der Waals surface area contributed by atoms with E-state index in [-0.39, 0.29) is 0 Å². The fourth-order valence-electron chi connectivity index (χ4n) is 1.37. The highest BCUT2D eigenvalue weighted by Gasteiger charge is 2.06. The van der Waals surface area contributed by atoms with Gasteiger partial charge in [0.15, 0.2) is 0 Å². The van der Waals surface area contributed by atoms with Crippen molar-refractivity contribution in [2.24, 2.45) is 0 Å². The third-order valence-electron chi connectivity index (χ3n) is 2.15. The number of rotatable bonds is 3. The molecule has 2 heteroatoms. The maximum absolute atomic E-state index is 5.18. The van der Waals surface area contributed by atoms with Gasteiger partial charge in [-0.1, -0.05) is 27.7 Å². The molecule has 2 nitrogen and oxygen atoms in total. The smallest absolute Gasteiger partial charge is 0.119 e. The summed E-state index contributed by atoms with van der Waals surface area (Å²) in [5, 5.41) is 3.17. The Morgan fingerprint density at radius 2 is 1.80 bits per heavy atom. The first-order valence-corrected chi connectivity index (χ1v) is 5.54. The Balaban J connectivity index is 0.000000921. The van der Waals surface area contributed by atoms with E-state index in [9.17, 15) is 0 Å². The molecule has 1 aromatic carbocycles. The summed E-state index contributed by atoms with van der Waals surface area (Å²) < 4.78 is 5.18. The van der Waals surface area contributed by atoms with Gasteiger partial charge in [0.05, 0.1) is 7.11 Å². The molecule has 0 atom stereocenters. The van der Waals surface area contributed by atoms with E-state index in [2.05, 4.69) is 25.2 Å². The van der Waals surface area contributed by atoms with Gasteiger partial charge in [-0.05, 0) is 29.7 Å². The monoisotopic (exact) mass is 209 g/mol. The van der Waals surface area contributed by atoms with E-state index in [4.69, 9.17) is 4.74 Å². The summed E-state index contributed by atoms with van der Waals surface area (Å²) in [6.07, 6.45) is 0. The van der Waals surface area contributed by atoms with Gasteiger partial charge in [0.25, 0.3) is 0 Å². The first kappa shape index (κ1) is 13.8. The van der Waals surface area contributed by atoms with Gasteiger partial charge >= 0.3 is 0 Å². The minimum Gasteiger partial charge on any atom is -0.497 e. The van der Waals surface area contributed by atoms with E-state index in [1.54, 1.807) is 7.11 Å². The van der Waals surface area contributed by atoms with E-state index >= 15 is 0 Å². The molecule has 0 heterocycles. The summed E-state index contributed by atoms with van der Waals surface area (Å²) in [4.78, 5) is 0. The van der Waals surface area contributed by atoms with Crippen molar-refractivity contribution in [1.82, 2.24) is 0 Å². The van der Waals surface area contributed by atoms with Crippen LogP contribution in [0.3, 0.4) is 0 Å². The average Bonchev–Trinajstić information content (AvgIpc) is 2.30. The molecule has 0 amide bonds. The fraction of sp³-hybridized carbons (Fsp3) is 0.538. The highest BCUT2D eigenvalue weighted by Crippen LogP contribution is 2.27. The molecule has 0 aromatic heterocycles. The molecule has 0 spiro atoms. The maximum Gasteiger partial charge on any atom is 0.119 e. The van der Waals surface area contributed by atoms with Crippen LogP contribution in [0.4, 0.5) is 5.69 Å². The number of benzene rings is 1. The first-order valence-electron chi connectivity index (χ1n) is 5.54. The molecule has 0 fully saturated rings. The van der Waals surface area contributed by atoms with Crippen LogP contribution in [0.15, 0.2) is 18.2 Å². The molecule has 0 aliphatic carbocycles. The second-order valence-corrected chi connectivity index (χ2v) is 3.36. The Labute approximate surface area is 93.7 Å². The lowest BCUT2D eigenvalue weighted by atomic mass is 10.0. The summed E-state index contributed by atoms with van der Waals surface area (Å²) >= 11 is 0. The van der Waals surface area contributed by atoms with Gasteiger partial charge < -0.3 is 10.1 Å². The molecular formula is C13H23NO. The van der Waals surface area contributed by atoms with E-state index in [1.807, 2.05) is 33.0 Å². The summed E-state index contributed by atoms with van der Waals surface area (Å²) in [6, 6.07) is 6.10. The van der Waals surface area contributed by atoms with Gasteiger partial charge in [-0.25, -0.2) is 0 Å². The Kier molecular flexibility index (Phi) is 6.59. The standard InChI is InChI=1S/C11H17NO.C2H6/c1-8(2)10-7-9(13-4)5-6-11(10)12-3;1-2/h5-8,12H,1-4H3;1-2H3. The zero-order valence-electron chi connectivity index (χ0n) is 10.7. The highest BCUT2D eigenvalue weighted by molar-refractivity contribution is 5.55. The minimum absolute atomic E-state index is 0.512. The lowest BCUT2D eigenvalue weighted by Crippen LogP contribution is -1.97. The van der Waals surface area contributed by atoms with E-state index < -0.39 is 0 Å². The molecule has 1 rings (SSSR count). The van der Waals surface area contributed by atoms with E-state index in [0.29, 0.717) is 5.92 Å². The second kappa shape index (κ2) is 7.16. The van der Waals surface area contributed by atoms with Crippen molar-refractivity contribution in [2.45, 2.75) is 33.6 Å². The SMILES string of the molecule is CC.CNc1ccc(OC)cc1C(C)C. The van der Waals surface area contributed by atoms with Crippen LogP contribution in [0, 0.1) is 0 Å². The van der Waals surface area contributed by atoms with Crippen molar-refractivity contribution >= 4 is 5.69 Å². The molecule has 0 aliphatic heterocycles. The van der Waals surface area contributed by atoms with Gasteiger partial charge in [-0.3, -0.25) is 0 Å². The molecule has 0 saturated heterocycles. The molecule has 0 bridgehead atoms. The first-order chi connectivity index (χ1) is 7.19. The van der Waals surface area contributed by atoms with Crippen molar-refractivity contribution in [3.8, 4) is 5.75 Å². The number of anilines is 1. The van der Waals surface area contributed by atoms with Crippen LogP contribution < -0.4 is 10.1 Å². The van der Waals surface area contributed by atoms with Crippen molar-refractivity contribution in [3.05, 3.63) is 23.8 Å². The maximum atomic E-state index is 5.18. The van der Waals surface area contributed by atoms with Crippen molar-refractivity contribution in [2.75, 3.05) is 19.5 Å². The quantitative estimate of drug-likeness (QED) is 0.815. The topological polar surface area (TPSA) is 21.3 Å². The molecule has 86 valence electrons. The number of ether oxygens (including phenoxy) is 1. The minimum atomic E-state index is 0.512. The summed E-state index contributed by atoms with van der Waals surface area (Å²) in [7, 11) is 3.63. The van der Waals surface area contributed by atoms with Crippen molar-refractivity contribution in [3.63, 3.8) is 0 Å². The number of nitrogens with one attached hydrogen (secondary N) is 1. The van der Waals surface area contributed by atoms with Crippen LogP contribution in [0.5, 0.6) is 5.75 Å². The summed E-state index contributed by atoms with van der Waals surface area (Å²) in [6.45, 7) is 8.35. The van der Waals surface area contributed by atoms with Crippen LogP contribution in [-0.2, 0) is 0 Å². The fourth-order valence-corrected chi connectivity index (χ4v) is 1.37. The van der Waals surface area contributed by atoms with Crippen LogP contribution in [0.25, 0.3) is 0 Å². The number of methoxy groups -OCH3 is 1.